The van der Waals surface area contributed by atoms with Crippen LogP contribution in [0.15, 0.2) is 24.3 Å². The minimum atomic E-state index is -0.157. The van der Waals surface area contributed by atoms with Gasteiger partial charge < -0.3 is 9.47 Å². The van der Waals surface area contributed by atoms with Gasteiger partial charge in [0.2, 0.25) is 0 Å². The van der Waals surface area contributed by atoms with E-state index in [1.807, 2.05) is 6.07 Å². The molecule has 0 aromatic heterocycles. The second kappa shape index (κ2) is 5.97. The van der Waals surface area contributed by atoms with Crippen molar-refractivity contribution in [3.8, 4) is 0 Å². The van der Waals surface area contributed by atoms with Crippen molar-refractivity contribution in [1.29, 1.82) is 0 Å². The summed E-state index contributed by atoms with van der Waals surface area (Å²) in [5.74, 6) is -0.157. The van der Waals surface area contributed by atoms with Crippen molar-refractivity contribution in [3.05, 3.63) is 35.6 Å². The van der Waals surface area contributed by atoms with E-state index in [-0.39, 0.29) is 12.1 Å². The SMILES string of the molecule is Fc1ccccc1CCOC1CCCCO1. The van der Waals surface area contributed by atoms with Crippen molar-refractivity contribution >= 4 is 0 Å². The normalized spacial score (nSPS) is 20.9. The van der Waals surface area contributed by atoms with E-state index in [0.717, 1.165) is 25.9 Å². The Labute approximate surface area is 95.4 Å². The van der Waals surface area contributed by atoms with Gasteiger partial charge in [-0.05, 0) is 37.3 Å². The van der Waals surface area contributed by atoms with Crippen LogP contribution in [0.5, 0.6) is 0 Å². The first-order chi connectivity index (χ1) is 7.86. The average Bonchev–Trinajstić information content (AvgIpc) is 2.33. The quantitative estimate of drug-likeness (QED) is 0.783. The van der Waals surface area contributed by atoms with E-state index in [4.69, 9.17) is 9.47 Å². The number of hydrogen-bond donors (Lipinski definition) is 0. The molecule has 1 atom stereocenters. The Balaban J connectivity index is 1.73. The van der Waals surface area contributed by atoms with E-state index < -0.39 is 0 Å². The first-order valence-electron chi connectivity index (χ1n) is 5.83. The molecule has 1 aliphatic rings. The van der Waals surface area contributed by atoms with Crippen LogP contribution in [-0.2, 0) is 15.9 Å². The van der Waals surface area contributed by atoms with Gasteiger partial charge in [-0.1, -0.05) is 18.2 Å². The molecule has 88 valence electrons. The first-order valence-corrected chi connectivity index (χ1v) is 5.83. The molecule has 2 rings (SSSR count). The lowest BCUT2D eigenvalue weighted by Gasteiger charge is -2.22. The number of ether oxygens (including phenoxy) is 2. The second-order valence-corrected chi connectivity index (χ2v) is 4.01. The number of benzene rings is 1. The number of rotatable bonds is 4. The van der Waals surface area contributed by atoms with Gasteiger partial charge in [0.1, 0.15) is 5.82 Å². The highest BCUT2D eigenvalue weighted by Gasteiger charge is 2.13. The topological polar surface area (TPSA) is 18.5 Å². The maximum absolute atomic E-state index is 13.3. The Morgan fingerprint density at radius 1 is 1.31 bits per heavy atom. The Morgan fingerprint density at radius 2 is 2.19 bits per heavy atom. The molecule has 1 saturated heterocycles. The average molecular weight is 224 g/mol. The van der Waals surface area contributed by atoms with Gasteiger partial charge in [0.15, 0.2) is 6.29 Å². The lowest BCUT2D eigenvalue weighted by Crippen LogP contribution is -2.23. The van der Waals surface area contributed by atoms with Crippen molar-refractivity contribution in [1.82, 2.24) is 0 Å². The summed E-state index contributed by atoms with van der Waals surface area (Å²) in [5, 5.41) is 0. The van der Waals surface area contributed by atoms with Crippen molar-refractivity contribution in [2.45, 2.75) is 32.0 Å². The predicted octanol–water partition coefficient (Wildman–Crippen LogP) is 2.91. The molecule has 16 heavy (non-hydrogen) atoms. The van der Waals surface area contributed by atoms with Crippen LogP contribution in [0.1, 0.15) is 24.8 Å². The molecule has 0 saturated carbocycles. The standard InChI is InChI=1S/C13H17FO2/c14-12-6-2-1-5-11(12)8-10-16-13-7-3-4-9-15-13/h1-2,5-6,13H,3-4,7-10H2. The zero-order valence-corrected chi connectivity index (χ0v) is 9.32. The third kappa shape index (κ3) is 3.29. The lowest BCUT2D eigenvalue weighted by atomic mass is 10.1. The molecule has 2 nitrogen and oxygen atoms in total. The van der Waals surface area contributed by atoms with E-state index in [2.05, 4.69) is 0 Å². The van der Waals surface area contributed by atoms with Gasteiger partial charge in [0.05, 0.1) is 6.61 Å². The monoisotopic (exact) mass is 224 g/mol. The summed E-state index contributed by atoms with van der Waals surface area (Å²) < 4.78 is 24.3. The minimum absolute atomic E-state index is 0.0828. The van der Waals surface area contributed by atoms with Crippen LogP contribution in [0.4, 0.5) is 4.39 Å². The first kappa shape index (κ1) is 11.6. The highest BCUT2D eigenvalue weighted by Crippen LogP contribution is 2.14. The molecule has 1 aliphatic heterocycles. The largest absolute Gasteiger partial charge is 0.353 e. The van der Waals surface area contributed by atoms with Crippen LogP contribution in [-0.4, -0.2) is 19.5 Å². The van der Waals surface area contributed by atoms with Crippen molar-refractivity contribution in [3.63, 3.8) is 0 Å². The third-order valence-corrected chi connectivity index (χ3v) is 2.77. The van der Waals surface area contributed by atoms with Crippen LogP contribution >= 0.6 is 0 Å². The van der Waals surface area contributed by atoms with Gasteiger partial charge in [-0.3, -0.25) is 0 Å². The molecular formula is C13H17FO2. The van der Waals surface area contributed by atoms with Crippen molar-refractivity contribution in [2.24, 2.45) is 0 Å². The highest BCUT2D eigenvalue weighted by atomic mass is 19.1. The number of halogens is 1. The van der Waals surface area contributed by atoms with E-state index in [1.54, 1.807) is 12.1 Å². The van der Waals surface area contributed by atoms with Gasteiger partial charge in [0, 0.05) is 6.61 Å². The van der Waals surface area contributed by atoms with Crippen molar-refractivity contribution in [2.75, 3.05) is 13.2 Å². The Bertz CT molecular complexity index is 321. The molecule has 3 heteroatoms. The van der Waals surface area contributed by atoms with E-state index in [0.29, 0.717) is 18.6 Å². The molecule has 1 unspecified atom stereocenters. The maximum Gasteiger partial charge on any atom is 0.157 e. The minimum Gasteiger partial charge on any atom is -0.353 e. The molecule has 0 amide bonds. The summed E-state index contributed by atoms with van der Waals surface area (Å²) in [4.78, 5) is 0. The summed E-state index contributed by atoms with van der Waals surface area (Å²) in [6.45, 7) is 1.30. The van der Waals surface area contributed by atoms with Gasteiger partial charge in [-0.15, -0.1) is 0 Å². The summed E-state index contributed by atoms with van der Waals surface area (Å²) >= 11 is 0. The summed E-state index contributed by atoms with van der Waals surface area (Å²) in [5.41, 5.74) is 0.707. The molecule has 0 N–H and O–H groups in total. The van der Waals surface area contributed by atoms with Crippen LogP contribution in [0, 0.1) is 5.82 Å². The van der Waals surface area contributed by atoms with Gasteiger partial charge in [0.25, 0.3) is 0 Å². The zero-order chi connectivity index (χ0) is 11.2. The Hall–Kier alpha value is -0.930. The zero-order valence-electron chi connectivity index (χ0n) is 9.32. The summed E-state index contributed by atoms with van der Waals surface area (Å²) in [6.07, 6.45) is 3.75. The van der Waals surface area contributed by atoms with E-state index >= 15 is 0 Å². The fourth-order valence-corrected chi connectivity index (χ4v) is 1.84. The molecular weight excluding hydrogens is 207 g/mol. The van der Waals surface area contributed by atoms with E-state index in [1.165, 1.54) is 6.07 Å². The smallest absolute Gasteiger partial charge is 0.157 e. The fraction of sp³-hybridized carbons (Fsp3) is 0.538. The highest BCUT2D eigenvalue weighted by molar-refractivity contribution is 5.17. The van der Waals surface area contributed by atoms with Crippen LogP contribution in [0.3, 0.4) is 0 Å². The molecule has 0 bridgehead atoms. The predicted molar refractivity (Wildman–Crippen MR) is 59.6 cm³/mol. The van der Waals surface area contributed by atoms with Gasteiger partial charge in [-0.25, -0.2) is 4.39 Å². The Morgan fingerprint density at radius 3 is 2.94 bits per heavy atom. The lowest BCUT2D eigenvalue weighted by molar-refractivity contribution is -0.161. The molecule has 1 aromatic rings. The molecule has 1 fully saturated rings. The molecule has 1 heterocycles. The van der Waals surface area contributed by atoms with Crippen molar-refractivity contribution < 1.29 is 13.9 Å². The van der Waals surface area contributed by atoms with Crippen LogP contribution in [0.2, 0.25) is 0 Å². The summed E-state index contributed by atoms with van der Waals surface area (Å²) in [7, 11) is 0. The van der Waals surface area contributed by atoms with Crippen LogP contribution in [0.25, 0.3) is 0 Å². The summed E-state index contributed by atoms with van der Waals surface area (Å²) in [6, 6.07) is 6.81. The Kier molecular flexibility index (Phi) is 4.31. The van der Waals surface area contributed by atoms with Crippen LogP contribution < -0.4 is 0 Å². The second-order valence-electron chi connectivity index (χ2n) is 4.01. The van der Waals surface area contributed by atoms with Gasteiger partial charge >= 0.3 is 0 Å². The fourth-order valence-electron chi connectivity index (χ4n) is 1.84. The third-order valence-electron chi connectivity index (χ3n) is 2.77. The van der Waals surface area contributed by atoms with Gasteiger partial charge in [-0.2, -0.15) is 0 Å². The molecule has 1 aromatic carbocycles. The molecule has 0 aliphatic carbocycles. The molecule has 0 radical (unpaired) electrons. The molecule has 0 spiro atoms. The number of hydrogen-bond acceptors (Lipinski definition) is 2. The maximum atomic E-state index is 13.3. The van der Waals surface area contributed by atoms with E-state index in [9.17, 15) is 4.39 Å².